The molecule has 13 heavy (non-hydrogen) atoms. The van der Waals surface area contributed by atoms with Gasteiger partial charge in [-0.2, -0.15) is 0 Å². The van der Waals surface area contributed by atoms with Gasteiger partial charge in [-0.05, 0) is 30.5 Å². The number of hydrogen-bond acceptors (Lipinski definition) is 0. The van der Waals surface area contributed by atoms with E-state index in [9.17, 15) is 0 Å². The molecule has 0 fully saturated rings. The average molecular weight is 215 g/mol. The number of allylic oxidation sites excluding steroid dienone is 2. The standard InChI is InChI=1S/C11H12Cl2/c1-9-10(5-2-3-8-12)6-4-7-11(9)13/h2-4,6-7H,5,8H2,1H3. The van der Waals surface area contributed by atoms with Gasteiger partial charge in [0.2, 0.25) is 0 Å². The van der Waals surface area contributed by atoms with Gasteiger partial charge >= 0.3 is 0 Å². The van der Waals surface area contributed by atoms with Gasteiger partial charge in [0.15, 0.2) is 0 Å². The summed E-state index contributed by atoms with van der Waals surface area (Å²) in [5.41, 5.74) is 2.41. The molecule has 2 heteroatoms. The first-order chi connectivity index (χ1) is 6.25. The van der Waals surface area contributed by atoms with E-state index in [0.29, 0.717) is 5.88 Å². The molecule has 0 nitrogen and oxygen atoms in total. The molecule has 0 aromatic heterocycles. The molecule has 0 amide bonds. The topological polar surface area (TPSA) is 0 Å². The fourth-order valence-corrected chi connectivity index (χ4v) is 1.47. The lowest BCUT2D eigenvalue weighted by molar-refractivity contribution is 1.21. The van der Waals surface area contributed by atoms with Crippen LogP contribution in [-0.2, 0) is 6.42 Å². The molecule has 0 N–H and O–H groups in total. The first kappa shape index (κ1) is 10.6. The van der Waals surface area contributed by atoms with Gasteiger partial charge in [0, 0.05) is 10.9 Å². The van der Waals surface area contributed by atoms with Crippen molar-refractivity contribution in [3.05, 3.63) is 46.5 Å². The van der Waals surface area contributed by atoms with E-state index in [1.54, 1.807) is 0 Å². The van der Waals surface area contributed by atoms with E-state index in [0.717, 1.165) is 17.0 Å². The molecule has 0 atom stereocenters. The molecule has 70 valence electrons. The van der Waals surface area contributed by atoms with Crippen LogP contribution in [0.3, 0.4) is 0 Å². The molecule has 0 unspecified atom stereocenters. The number of benzene rings is 1. The second-order valence-electron chi connectivity index (χ2n) is 2.85. The Bertz CT molecular complexity index is 303. The van der Waals surface area contributed by atoms with Crippen LogP contribution in [0.1, 0.15) is 11.1 Å². The molecule has 1 rings (SSSR count). The van der Waals surface area contributed by atoms with Crippen molar-refractivity contribution in [2.24, 2.45) is 0 Å². The predicted molar refractivity (Wildman–Crippen MR) is 59.8 cm³/mol. The van der Waals surface area contributed by atoms with Crippen LogP contribution >= 0.6 is 23.2 Å². The van der Waals surface area contributed by atoms with Gasteiger partial charge in [0.25, 0.3) is 0 Å². The normalized spacial score (nSPS) is 11.0. The maximum absolute atomic E-state index is 5.98. The van der Waals surface area contributed by atoms with Crippen LogP contribution in [0.5, 0.6) is 0 Å². The summed E-state index contributed by atoms with van der Waals surface area (Å²) in [4.78, 5) is 0. The first-order valence-corrected chi connectivity index (χ1v) is 5.12. The Kier molecular flexibility index (Phi) is 4.34. The second-order valence-corrected chi connectivity index (χ2v) is 3.57. The highest BCUT2D eigenvalue weighted by atomic mass is 35.5. The van der Waals surface area contributed by atoms with E-state index in [1.807, 2.05) is 25.1 Å². The molecule has 0 aliphatic heterocycles. The van der Waals surface area contributed by atoms with Gasteiger partial charge in [0.05, 0.1) is 0 Å². The highest BCUT2D eigenvalue weighted by molar-refractivity contribution is 6.31. The Hall–Kier alpha value is -0.460. The third kappa shape index (κ3) is 3.06. The van der Waals surface area contributed by atoms with Crippen LogP contribution in [0.25, 0.3) is 0 Å². The molecule has 1 aromatic rings. The van der Waals surface area contributed by atoms with E-state index >= 15 is 0 Å². The molecule has 0 spiro atoms. The van der Waals surface area contributed by atoms with Gasteiger partial charge in [-0.3, -0.25) is 0 Å². The van der Waals surface area contributed by atoms with Crippen molar-refractivity contribution in [3.63, 3.8) is 0 Å². The lowest BCUT2D eigenvalue weighted by Crippen LogP contribution is -1.87. The van der Waals surface area contributed by atoms with E-state index in [-0.39, 0.29) is 0 Å². The van der Waals surface area contributed by atoms with Gasteiger partial charge in [-0.15, -0.1) is 11.6 Å². The molecule has 0 saturated carbocycles. The van der Waals surface area contributed by atoms with Crippen LogP contribution in [-0.4, -0.2) is 5.88 Å². The smallest absolute Gasteiger partial charge is 0.0438 e. The maximum Gasteiger partial charge on any atom is 0.0438 e. The highest BCUT2D eigenvalue weighted by Crippen LogP contribution is 2.19. The Morgan fingerprint density at radius 3 is 2.77 bits per heavy atom. The van der Waals surface area contributed by atoms with Gasteiger partial charge in [-0.25, -0.2) is 0 Å². The summed E-state index contributed by atoms with van der Waals surface area (Å²) in [6.07, 6.45) is 4.91. The minimum absolute atomic E-state index is 0.569. The summed E-state index contributed by atoms with van der Waals surface area (Å²) in [5, 5.41) is 0.830. The molecular formula is C11H12Cl2. The number of rotatable bonds is 3. The van der Waals surface area contributed by atoms with Crippen molar-refractivity contribution in [1.82, 2.24) is 0 Å². The fraction of sp³-hybridized carbons (Fsp3) is 0.273. The Morgan fingerprint density at radius 1 is 1.31 bits per heavy atom. The van der Waals surface area contributed by atoms with Gasteiger partial charge in [-0.1, -0.05) is 35.9 Å². The Morgan fingerprint density at radius 2 is 2.08 bits per heavy atom. The molecule has 0 heterocycles. The summed E-state index contributed by atoms with van der Waals surface area (Å²) in [5.74, 6) is 0.569. The van der Waals surface area contributed by atoms with E-state index in [4.69, 9.17) is 23.2 Å². The lowest BCUT2D eigenvalue weighted by Gasteiger charge is -2.03. The zero-order chi connectivity index (χ0) is 9.68. The van der Waals surface area contributed by atoms with E-state index < -0.39 is 0 Å². The summed E-state index contributed by atoms with van der Waals surface area (Å²) in [6.45, 7) is 2.03. The van der Waals surface area contributed by atoms with Crippen molar-refractivity contribution in [2.75, 3.05) is 5.88 Å². The second kappa shape index (κ2) is 5.31. The summed E-state index contributed by atoms with van der Waals surface area (Å²) >= 11 is 11.5. The summed E-state index contributed by atoms with van der Waals surface area (Å²) < 4.78 is 0. The Balaban J connectivity index is 2.77. The van der Waals surface area contributed by atoms with Crippen LogP contribution in [0.2, 0.25) is 5.02 Å². The van der Waals surface area contributed by atoms with Crippen LogP contribution < -0.4 is 0 Å². The fourth-order valence-electron chi connectivity index (χ4n) is 1.15. The molecule has 1 aromatic carbocycles. The van der Waals surface area contributed by atoms with Crippen LogP contribution in [0.4, 0.5) is 0 Å². The van der Waals surface area contributed by atoms with Crippen molar-refractivity contribution in [3.8, 4) is 0 Å². The third-order valence-corrected chi connectivity index (χ3v) is 2.56. The highest BCUT2D eigenvalue weighted by Gasteiger charge is 1.98. The average Bonchev–Trinajstić information content (AvgIpc) is 2.13. The zero-order valence-corrected chi connectivity index (χ0v) is 9.07. The SMILES string of the molecule is Cc1c(Cl)cccc1CC=CCCl. The molecule has 0 saturated heterocycles. The summed E-state index contributed by atoms with van der Waals surface area (Å²) in [6, 6.07) is 5.96. The zero-order valence-electron chi connectivity index (χ0n) is 7.56. The minimum atomic E-state index is 0.569. The van der Waals surface area contributed by atoms with Crippen LogP contribution in [0.15, 0.2) is 30.4 Å². The van der Waals surface area contributed by atoms with E-state index in [2.05, 4.69) is 12.1 Å². The summed E-state index contributed by atoms with van der Waals surface area (Å²) in [7, 11) is 0. The monoisotopic (exact) mass is 214 g/mol. The third-order valence-electron chi connectivity index (χ3n) is 1.97. The number of halogens is 2. The van der Waals surface area contributed by atoms with Crippen molar-refractivity contribution in [1.29, 1.82) is 0 Å². The molecular weight excluding hydrogens is 203 g/mol. The van der Waals surface area contributed by atoms with E-state index in [1.165, 1.54) is 5.56 Å². The van der Waals surface area contributed by atoms with Gasteiger partial charge in [0.1, 0.15) is 0 Å². The van der Waals surface area contributed by atoms with Crippen molar-refractivity contribution >= 4 is 23.2 Å². The first-order valence-electron chi connectivity index (χ1n) is 4.20. The minimum Gasteiger partial charge on any atom is -0.122 e. The molecule has 0 radical (unpaired) electrons. The predicted octanol–water partition coefficient (Wildman–Crippen LogP) is 3.99. The largest absolute Gasteiger partial charge is 0.122 e. The Labute approximate surface area is 89.2 Å². The number of hydrogen-bond donors (Lipinski definition) is 0. The van der Waals surface area contributed by atoms with Crippen LogP contribution in [0, 0.1) is 6.92 Å². The van der Waals surface area contributed by atoms with Gasteiger partial charge < -0.3 is 0 Å². The van der Waals surface area contributed by atoms with Crippen molar-refractivity contribution in [2.45, 2.75) is 13.3 Å². The molecule has 0 bridgehead atoms. The number of alkyl halides is 1. The quantitative estimate of drug-likeness (QED) is 0.528. The van der Waals surface area contributed by atoms with Crippen molar-refractivity contribution < 1.29 is 0 Å². The lowest BCUT2D eigenvalue weighted by atomic mass is 10.1. The molecule has 0 aliphatic carbocycles. The maximum atomic E-state index is 5.98. The molecule has 0 aliphatic rings.